The first-order chi connectivity index (χ1) is 15.0. The number of carboxylic acids is 1. The van der Waals surface area contributed by atoms with Crippen molar-refractivity contribution in [2.75, 3.05) is 4.31 Å². The van der Waals surface area contributed by atoms with E-state index in [1.165, 1.54) is 8.99 Å². The van der Waals surface area contributed by atoms with E-state index in [1.807, 2.05) is 18.2 Å². The van der Waals surface area contributed by atoms with Crippen molar-refractivity contribution < 1.29 is 18.7 Å². The molecule has 4 rings (SSSR count). The van der Waals surface area contributed by atoms with Crippen LogP contribution in [0.4, 0.5) is 5.69 Å². The molecule has 0 amide bonds. The second-order valence-corrected chi connectivity index (χ2v) is 8.12. The largest absolute Gasteiger partial charge is 0.755 e. The minimum Gasteiger partial charge on any atom is -0.755 e. The van der Waals surface area contributed by atoms with Crippen LogP contribution in [-0.4, -0.2) is 29.6 Å². The number of fused-ring (bicyclic) bond motifs is 1. The highest BCUT2D eigenvalue weighted by atomic mass is 32.2. The second-order valence-electron chi connectivity index (χ2n) is 7.29. The summed E-state index contributed by atoms with van der Waals surface area (Å²) in [6.07, 6.45) is 3.58. The first-order valence-corrected chi connectivity index (χ1v) is 10.8. The third-order valence-electron chi connectivity index (χ3n) is 5.41. The van der Waals surface area contributed by atoms with E-state index in [2.05, 4.69) is 11.2 Å². The van der Waals surface area contributed by atoms with Gasteiger partial charge in [-0.2, -0.15) is 10.4 Å². The van der Waals surface area contributed by atoms with Gasteiger partial charge in [-0.25, -0.2) is 0 Å². The normalized spacial score (nSPS) is 16.2. The molecular formula is C22H19N4O4S-. The van der Waals surface area contributed by atoms with Gasteiger partial charge in [-0.1, -0.05) is 24.3 Å². The quantitative estimate of drug-likeness (QED) is 0.593. The van der Waals surface area contributed by atoms with Gasteiger partial charge < -0.3 is 9.66 Å². The van der Waals surface area contributed by atoms with E-state index in [-0.39, 0.29) is 6.54 Å². The second kappa shape index (κ2) is 8.71. The predicted octanol–water partition coefficient (Wildman–Crippen LogP) is 3.18. The maximum Gasteiger partial charge on any atom is 0.325 e. The average molecular weight is 435 g/mol. The summed E-state index contributed by atoms with van der Waals surface area (Å²) in [5.41, 5.74) is 4.31. The molecular weight excluding hydrogens is 416 g/mol. The van der Waals surface area contributed by atoms with Crippen molar-refractivity contribution in [2.24, 2.45) is 0 Å². The first kappa shape index (κ1) is 20.8. The minimum atomic E-state index is -2.53. The molecule has 0 saturated heterocycles. The van der Waals surface area contributed by atoms with E-state index in [9.17, 15) is 13.6 Å². The lowest BCUT2D eigenvalue weighted by atomic mass is 9.92. The van der Waals surface area contributed by atoms with Gasteiger partial charge in [0.25, 0.3) is 0 Å². The van der Waals surface area contributed by atoms with E-state index >= 15 is 0 Å². The first-order valence-electron chi connectivity index (χ1n) is 9.73. The van der Waals surface area contributed by atoms with Gasteiger partial charge in [0.2, 0.25) is 0 Å². The Balaban J connectivity index is 1.66. The number of hydrogen-bond donors (Lipinski definition) is 1. The highest BCUT2D eigenvalue weighted by molar-refractivity contribution is 7.80. The number of rotatable bonds is 6. The third-order valence-corrected chi connectivity index (χ3v) is 6.19. The summed E-state index contributed by atoms with van der Waals surface area (Å²) in [6.45, 7) is -0.251. The molecule has 3 aromatic rings. The van der Waals surface area contributed by atoms with Crippen LogP contribution in [0.5, 0.6) is 0 Å². The molecule has 0 saturated carbocycles. The van der Waals surface area contributed by atoms with E-state index in [0.717, 1.165) is 28.8 Å². The Kier molecular flexibility index (Phi) is 5.84. The van der Waals surface area contributed by atoms with Gasteiger partial charge in [-0.05, 0) is 54.7 Å². The molecule has 0 fully saturated rings. The highest BCUT2D eigenvalue weighted by Gasteiger charge is 2.30. The molecule has 31 heavy (non-hydrogen) atoms. The Morgan fingerprint density at radius 1 is 1.29 bits per heavy atom. The van der Waals surface area contributed by atoms with Crippen LogP contribution in [0.1, 0.15) is 35.7 Å². The number of anilines is 1. The van der Waals surface area contributed by atoms with Crippen molar-refractivity contribution in [3.63, 3.8) is 0 Å². The van der Waals surface area contributed by atoms with Gasteiger partial charge in [0.05, 0.1) is 23.9 Å². The summed E-state index contributed by atoms with van der Waals surface area (Å²) in [7, 11) is 0. The average Bonchev–Trinajstić information content (AvgIpc) is 3.17. The molecule has 0 aliphatic heterocycles. The van der Waals surface area contributed by atoms with Gasteiger partial charge in [0, 0.05) is 28.2 Å². The van der Waals surface area contributed by atoms with Gasteiger partial charge in [0.1, 0.15) is 6.54 Å². The molecule has 158 valence electrons. The zero-order valence-electron chi connectivity index (χ0n) is 16.5. The van der Waals surface area contributed by atoms with Gasteiger partial charge in [-0.3, -0.25) is 18.0 Å². The Morgan fingerprint density at radius 3 is 2.74 bits per heavy atom. The van der Waals surface area contributed by atoms with Gasteiger partial charge in [0.15, 0.2) is 0 Å². The molecule has 2 aromatic carbocycles. The van der Waals surface area contributed by atoms with Crippen LogP contribution in [0.15, 0.2) is 54.7 Å². The lowest BCUT2D eigenvalue weighted by Gasteiger charge is -2.37. The Bertz CT molecular complexity index is 1180. The number of nitrogens with zero attached hydrogens (tertiary/aromatic N) is 4. The molecule has 0 radical (unpaired) electrons. The summed E-state index contributed by atoms with van der Waals surface area (Å²) >= 11 is -2.53. The minimum absolute atomic E-state index is 0.251. The van der Waals surface area contributed by atoms with Crippen LogP contribution in [-0.2, 0) is 29.0 Å². The summed E-state index contributed by atoms with van der Waals surface area (Å²) in [5, 5.41) is 22.4. The van der Waals surface area contributed by atoms with E-state index in [4.69, 9.17) is 10.4 Å². The lowest BCUT2D eigenvalue weighted by molar-refractivity contribution is -0.137. The SMILES string of the molecule is N#Cc1cccc(-c2ccc(N(C3CCCc4c3cnn4CC(=O)O)S(=O)[O-])cc2)c1. The molecule has 1 heterocycles. The molecule has 1 aromatic heterocycles. The molecule has 2 unspecified atom stereocenters. The van der Waals surface area contributed by atoms with Crippen molar-refractivity contribution in [3.8, 4) is 17.2 Å². The standard InChI is InChI=1S/C22H20N4O4S/c23-12-15-3-1-4-17(11-15)16-7-9-18(10-8-16)26(31(29)30)21-6-2-5-20-19(21)13-24-25(20)14-22(27)28/h1,3-4,7-11,13,21H,2,5-6,14H2,(H,27,28)(H,29,30)/p-1. The van der Waals surface area contributed by atoms with Gasteiger partial charge in [-0.15, -0.1) is 0 Å². The fourth-order valence-corrected chi connectivity index (χ4v) is 4.76. The van der Waals surface area contributed by atoms with Crippen LogP contribution in [0.25, 0.3) is 11.1 Å². The van der Waals surface area contributed by atoms with Gasteiger partial charge >= 0.3 is 5.97 Å². The Morgan fingerprint density at radius 2 is 2.06 bits per heavy atom. The molecule has 1 N–H and O–H groups in total. The van der Waals surface area contributed by atoms with Crippen LogP contribution < -0.4 is 4.31 Å². The number of hydrogen-bond acceptors (Lipinski definition) is 5. The van der Waals surface area contributed by atoms with Crippen molar-refractivity contribution >= 4 is 22.9 Å². The summed E-state index contributed by atoms with van der Waals surface area (Å²) in [4.78, 5) is 11.1. The third kappa shape index (κ3) is 4.21. The number of aliphatic carboxylic acids is 1. The van der Waals surface area contributed by atoms with Crippen LogP contribution in [0.2, 0.25) is 0 Å². The molecule has 8 nitrogen and oxygen atoms in total. The maximum absolute atomic E-state index is 12.2. The zero-order valence-corrected chi connectivity index (χ0v) is 17.3. The van der Waals surface area contributed by atoms with Crippen molar-refractivity contribution in [2.45, 2.75) is 31.8 Å². The van der Waals surface area contributed by atoms with Crippen LogP contribution in [0, 0.1) is 11.3 Å². The summed E-state index contributed by atoms with van der Waals surface area (Å²) < 4.78 is 27.2. The van der Waals surface area contributed by atoms with Crippen molar-refractivity contribution in [1.82, 2.24) is 9.78 Å². The highest BCUT2D eigenvalue weighted by Crippen LogP contribution is 2.38. The van der Waals surface area contributed by atoms with Crippen molar-refractivity contribution in [1.29, 1.82) is 5.26 Å². The van der Waals surface area contributed by atoms with E-state index < -0.39 is 23.3 Å². The monoisotopic (exact) mass is 435 g/mol. The number of carbonyl (C=O) groups is 1. The number of aromatic nitrogens is 2. The topological polar surface area (TPSA) is 122 Å². The van der Waals surface area contributed by atoms with Crippen LogP contribution in [0.3, 0.4) is 0 Å². The molecule has 2 atom stereocenters. The zero-order chi connectivity index (χ0) is 22.0. The molecule has 9 heteroatoms. The fourth-order valence-electron chi connectivity index (χ4n) is 4.04. The Labute approximate surface area is 181 Å². The smallest absolute Gasteiger partial charge is 0.325 e. The summed E-state index contributed by atoms with van der Waals surface area (Å²) in [6, 6.07) is 16.0. The van der Waals surface area contributed by atoms with Crippen molar-refractivity contribution in [3.05, 3.63) is 71.5 Å². The maximum atomic E-state index is 12.2. The van der Waals surface area contributed by atoms with Crippen LogP contribution >= 0.6 is 0 Å². The predicted molar refractivity (Wildman–Crippen MR) is 114 cm³/mol. The number of nitriles is 1. The van der Waals surface area contributed by atoms with E-state index in [1.54, 1.807) is 36.5 Å². The molecule has 1 aliphatic carbocycles. The summed E-state index contributed by atoms with van der Waals surface area (Å²) in [5.74, 6) is -0.992. The molecule has 0 spiro atoms. The lowest BCUT2D eigenvalue weighted by Crippen LogP contribution is -2.33. The molecule has 0 bridgehead atoms. The number of carboxylic acid groups (broad SMARTS) is 1. The Hall–Kier alpha value is -3.48. The fraction of sp³-hybridized carbons (Fsp3) is 0.227. The van der Waals surface area contributed by atoms with E-state index in [0.29, 0.717) is 24.1 Å². The number of benzene rings is 2. The molecule has 1 aliphatic rings.